The summed E-state index contributed by atoms with van der Waals surface area (Å²) in [5, 5.41) is 11.1. The molecule has 1 unspecified atom stereocenters. The molecule has 0 saturated carbocycles. The molecule has 0 spiro atoms. The molecule has 1 aliphatic carbocycles. The molecule has 0 bridgehead atoms. The number of guanidine groups is 1. The summed E-state index contributed by atoms with van der Waals surface area (Å²) in [6, 6.07) is 17.0. The Morgan fingerprint density at radius 1 is 1.18 bits per heavy atom. The van der Waals surface area contributed by atoms with Crippen molar-refractivity contribution in [2.75, 3.05) is 13.6 Å². The number of benzene rings is 2. The van der Waals surface area contributed by atoms with E-state index in [1.807, 2.05) is 19.2 Å². The second-order valence-electron chi connectivity index (χ2n) is 6.75. The second-order valence-corrected chi connectivity index (χ2v) is 6.75. The van der Waals surface area contributed by atoms with E-state index in [0.717, 1.165) is 23.8 Å². The Balaban J connectivity index is 0.00000225. The normalized spacial score (nSPS) is 15.6. The Labute approximate surface area is 182 Å². The molecule has 1 atom stereocenters. The van der Waals surface area contributed by atoms with E-state index in [4.69, 9.17) is 0 Å². The maximum absolute atomic E-state index is 4.36. The van der Waals surface area contributed by atoms with Crippen LogP contribution in [-0.4, -0.2) is 34.3 Å². The Kier molecular flexibility index (Phi) is 7.02. The van der Waals surface area contributed by atoms with Crippen LogP contribution in [-0.2, 0) is 13.0 Å². The van der Waals surface area contributed by atoms with Crippen molar-refractivity contribution in [3.05, 3.63) is 77.9 Å². The fourth-order valence-electron chi connectivity index (χ4n) is 3.63. The predicted octanol–water partition coefficient (Wildman–Crippen LogP) is 3.28. The first-order chi connectivity index (χ1) is 13.3. The highest BCUT2D eigenvalue weighted by Crippen LogP contribution is 2.32. The maximum atomic E-state index is 4.36. The van der Waals surface area contributed by atoms with Gasteiger partial charge in [-0.25, -0.2) is 9.67 Å². The molecule has 3 aromatic rings. The maximum Gasteiger partial charge on any atom is 0.191 e. The van der Waals surface area contributed by atoms with Crippen LogP contribution in [0.4, 0.5) is 0 Å². The summed E-state index contributed by atoms with van der Waals surface area (Å²) in [7, 11) is 1.81. The van der Waals surface area contributed by atoms with Gasteiger partial charge in [-0.05, 0) is 41.7 Å². The molecule has 146 valence electrons. The van der Waals surface area contributed by atoms with E-state index in [9.17, 15) is 0 Å². The van der Waals surface area contributed by atoms with Gasteiger partial charge in [-0.2, -0.15) is 5.10 Å². The van der Waals surface area contributed by atoms with Gasteiger partial charge in [0, 0.05) is 26.1 Å². The van der Waals surface area contributed by atoms with Gasteiger partial charge in [-0.1, -0.05) is 36.4 Å². The Morgan fingerprint density at radius 2 is 2.07 bits per heavy atom. The number of aliphatic imine (C=N–C) groups is 1. The van der Waals surface area contributed by atoms with Gasteiger partial charge >= 0.3 is 0 Å². The number of halogens is 1. The minimum absolute atomic E-state index is 0. The second kappa shape index (κ2) is 9.68. The summed E-state index contributed by atoms with van der Waals surface area (Å²) >= 11 is 0. The number of fused-ring (bicyclic) bond motifs is 1. The minimum atomic E-state index is 0. The van der Waals surface area contributed by atoms with E-state index in [1.54, 1.807) is 11.0 Å². The lowest BCUT2D eigenvalue weighted by Crippen LogP contribution is -2.38. The van der Waals surface area contributed by atoms with Crippen molar-refractivity contribution >= 4 is 29.9 Å². The molecule has 0 radical (unpaired) electrons. The van der Waals surface area contributed by atoms with Crippen molar-refractivity contribution in [3.63, 3.8) is 0 Å². The van der Waals surface area contributed by atoms with Gasteiger partial charge in [0.2, 0.25) is 0 Å². The average molecular weight is 488 g/mol. The summed E-state index contributed by atoms with van der Waals surface area (Å²) in [5.41, 5.74) is 5.12. The van der Waals surface area contributed by atoms with Crippen molar-refractivity contribution in [1.29, 1.82) is 0 Å². The van der Waals surface area contributed by atoms with Crippen LogP contribution >= 0.6 is 24.0 Å². The topological polar surface area (TPSA) is 67.1 Å². The van der Waals surface area contributed by atoms with Crippen molar-refractivity contribution in [2.24, 2.45) is 4.99 Å². The van der Waals surface area contributed by atoms with Gasteiger partial charge in [0.1, 0.15) is 12.7 Å². The van der Waals surface area contributed by atoms with Crippen molar-refractivity contribution < 1.29 is 0 Å². The molecule has 28 heavy (non-hydrogen) atoms. The van der Waals surface area contributed by atoms with E-state index in [1.165, 1.54) is 30.3 Å². The highest BCUT2D eigenvalue weighted by molar-refractivity contribution is 14.0. The van der Waals surface area contributed by atoms with Crippen LogP contribution in [0.25, 0.3) is 5.69 Å². The molecule has 2 N–H and O–H groups in total. The van der Waals surface area contributed by atoms with Crippen LogP contribution in [0.5, 0.6) is 0 Å². The molecule has 1 aliphatic rings. The van der Waals surface area contributed by atoms with Gasteiger partial charge < -0.3 is 10.6 Å². The molecule has 1 heterocycles. The standard InChI is InChI=1S/C21H24N6.HI/c1-22-21(25-13-18-10-9-17-6-2-3-8-20(17)18)24-12-16-5-4-7-19(11-16)27-15-23-14-26-27;/h2-8,11,14-15,18H,9-10,12-13H2,1H3,(H2,22,24,25);1H. The van der Waals surface area contributed by atoms with Gasteiger partial charge in [0.05, 0.1) is 5.69 Å². The first kappa shape index (κ1) is 20.3. The largest absolute Gasteiger partial charge is 0.356 e. The number of nitrogens with zero attached hydrogens (tertiary/aromatic N) is 4. The number of hydrogen-bond acceptors (Lipinski definition) is 3. The predicted molar refractivity (Wildman–Crippen MR) is 122 cm³/mol. The molecular formula is C21H25IN6. The molecular weight excluding hydrogens is 463 g/mol. The quantitative estimate of drug-likeness (QED) is 0.329. The highest BCUT2D eigenvalue weighted by atomic mass is 127. The van der Waals surface area contributed by atoms with Gasteiger partial charge in [0.25, 0.3) is 0 Å². The van der Waals surface area contributed by atoms with E-state index < -0.39 is 0 Å². The monoisotopic (exact) mass is 488 g/mol. The zero-order chi connectivity index (χ0) is 18.5. The van der Waals surface area contributed by atoms with Crippen LogP contribution < -0.4 is 10.6 Å². The third kappa shape index (κ3) is 4.70. The van der Waals surface area contributed by atoms with E-state index in [-0.39, 0.29) is 24.0 Å². The molecule has 6 nitrogen and oxygen atoms in total. The molecule has 7 heteroatoms. The Bertz CT molecular complexity index is 922. The lowest BCUT2D eigenvalue weighted by atomic mass is 10.0. The Hall–Kier alpha value is -2.42. The molecule has 4 rings (SSSR count). The van der Waals surface area contributed by atoms with Crippen LogP contribution in [0.3, 0.4) is 0 Å². The first-order valence-corrected chi connectivity index (χ1v) is 9.30. The van der Waals surface area contributed by atoms with Crippen molar-refractivity contribution in [2.45, 2.75) is 25.3 Å². The van der Waals surface area contributed by atoms with E-state index in [0.29, 0.717) is 12.5 Å². The van der Waals surface area contributed by atoms with Crippen molar-refractivity contribution in [3.8, 4) is 5.69 Å². The zero-order valence-corrected chi connectivity index (χ0v) is 18.2. The first-order valence-electron chi connectivity index (χ1n) is 9.30. The highest BCUT2D eigenvalue weighted by Gasteiger charge is 2.21. The third-order valence-corrected chi connectivity index (χ3v) is 5.05. The number of nitrogens with one attached hydrogen (secondary N) is 2. The summed E-state index contributed by atoms with van der Waals surface area (Å²) < 4.78 is 1.76. The van der Waals surface area contributed by atoms with Gasteiger partial charge in [0.15, 0.2) is 5.96 Å². The van der Waals surface area contributed by atoms with Crippen LogP contribution in [0.15, 0.2) is 66.2 Å². The lowest BCUT2D eigenvalue weighted by molar-refractivity contribution is 0.641. The summed E-state index contributed by atoms with van der Waals surface area (Å²) in [5.74, 6) is 1.38. The summed E-state index contributed by atoms with van der Waals surface area (Å²) in [6.07, 6.45) is 5.61. The van der Waals surface area contributed by atoms with Crippen LogP contribution in [0, 0.1) is 0 Å². The van der Waals surface area contributed by atoms with Crippen LogP contribution in [0.2, 0.25) is 0 Å². The molecule has 0 fully saturated rings. The van der Waals surface area contributed by atoms with Crippen molar-refractivity contribution in [1.82, 2.24) is 25.4 Å². The third-order valence-electron chi connectivity index (χ3n) is 5.05. The molecule has 0 amide bonds. The molecule has 2 aromatic carbocycles. The smallest absolute Gasteiger partial charge is 0.191 e. The fraction of sp³-hybridized carbons (Fsp3) is 0.286. The minimum Gasteiger partial charge on any atom is -0.356 e. The average Bonchev–Trinajstić information content (AvgIpc) is 3.39. The Morgan fingerprint density at radius 3 is 2.89 bits per heavy atom. The zero-order valence-electron chi connectivity index (χ0n) is 15.9. The van der Waals surface area contributed by atoms with Crippen LogP contribution in [0.1, 0.15) is 29.0 Å². The molecule has 0 saturated heterocycles. The number of aryl methyl sites for hydroxylation is 1. The fourth-order valence-corrected chi connectivity index (χ4v) is 3.63. The van der Waals surface area contributed by atoms with E-state index >= 15 is 0 Å². The van der Waals surface area contributed by atoms with Gasteiger partial charge in [-0.3, -0.25) is 4.99 Å². The lowest BCUT2D eigenvalue weighted by Gasteiger charge is -2.16. The molecule has 1 aromatic heterocycles. The SMILES string of the molecule is CN=C(NCc1cccc(-n2cncn2)c1)NCC1CCc2ccccc21.I. The summed E-state index contributed by atoms with van der Waals surface area (Å²) in [4.78, 5) is 8.36. The van der Waals surface area contributed by atoms with Gasteiger partial charge in [-0.15, -0.1) is 24.0 Å². The van der Waals surface area contributed by atoms with E-state index in [2.05, 4.69) is 62.1 Å². The number of rotatable bonds is 5. The number of aromatic nitrogens is 3. The number of hydrogen-bond donors (Lipinski definition) is 2. The molecule has 0 aliphatic heterocycles. The summed E-state index contributed by atoms with van der Waals surface area (Å²) in [6.45, 7) is 1.60.